The Hall–Kier alpha value is -4.73. The van der Waals surface area contributed by atoms with Crippen LogP contribution >= 0.6 is 0 Å². The number of phenols is 1. The number of nitrogens with zero attached hydrogens (tertiary/aromatic N) is 2. The predicted molar refractivity (Wildman–Crippen MR) is 170 cm³/mol. The molecule has 254 valence electrons. The van der Waals surface area contributed by atoms with Gasteiger partial charge in [0.05, 0.1) is 19.1 Å². The molecule has 4 atom stereocenters. The first kappa shape index (κ1) is 37.5. The summed E-state index contributed by atoms with van der Waals surface area (Å²) in [5, 5.41) is 19.7. The van der Waals surface area contributed by atoms with Crippen LogP contribution in [0.15, 0.2) is 29.3 Å². The van der Waals surface area contributed by atoms with Crippen molar-refractivity contribution in [3.63, 3.8) is 0 Å². The highest BCUT2D eigenvalue weighted by atomic mass is 16.3. The lowest BCUT2D eigenvalue weighted by Gasteiger charge is -2.30. The molecular formula is C30H47N9O7. The molecule has 11 N–H and O–H groups in total. The average molecular weight is 646 g/mol. The number of nitrogens with two attached hydrogens (primary N) is 3. The maximum absolute atomic E-state index is 13.7. The van der Waals surface area contributed by atoms with Crippen LogP contribution < -0.4 is 38.5 Å². The second kappa shape index (κ2) is 18.9. The number of amides is 5. The van der Waals surface area contributed by atoms with E-state index in [-0.39, 0.29) is 50.0 Å². The van der Waals surface area contributed by atoms with E-state index >= 15 is 0 Å². The number of hydrogen-bond donors (Lipinski definition) is 8. The number of guanidine groups is 1. The van der Waals surface area contributed by atoms with E-state index in [4.69, 9.17) is 17.2 Å². The van der Waals surface area contributed by atoms with Crippen molar-refractivity contribution in [2.24, 2.45) is 28.1 Å². The largest absolute Gasteiger partial charge is 0.508 e. The number of aliphatic imine (C=N–C) groups is 1. The molecular weight excluding hydrogens is 598 g/mol. The average Bonchev–Trinajstić information content (AvgIpc) is 3.50. The lowest BCUT2D eigenvalue weighted by molar-refractivity contribution is -0.142. The van der Waals surface area contributed by atoms with Crippen LogP contribution in [0.2, 0.25) is 0 Å². The Morgan fingerprint density at radius 3 is 2.37 bits per heavy atom. The van der Waals surface area contributed by atoms with Crippen molar-refractivity contribution in [2.45, 2.75) is 76.5 Å². The number of phenolic OH excluding ortho intramolecular Hbond substituents is 1. The second-order valence-corrected chi connectivity index (χ2v) is 11.6. The third-order valence-corrected chi connectivity index (χ3v) is 7.27. The Morgan fingerprint density at radius 2 is 1.74 bits per heavy atom. The molecule has 46 heavy (non-hydrogen) atoms. The Balaban J connectivity index is 2.08. The first-order valence-corrected chi connectivity index (χ1v) is 15.3. The Kier molecular flexibility index (Phi) is 15.4. The van der Waals surface area contributed by atoms with Gasteiger partial charge < -0.3 is 53.3 Å². The maximum atomic E-state index is 13.7. The molecule has 1 aliphatic rings. The molecule has 1 saturated heterocycles. The number of carbonyl (C=O) groups is 6. The van der Waals surface area contributed by atoms with Gasteiger partial charge >= 0.3 is 0 Å². The highest BCUT2D eigenvalue weighted by Gasteiger charge is 2.38. The number of aromatic hydroxyl groups is 1. The van der Waals surface area contributed by atoms with Gasteiger partial charge in [0.15, 0.2) is 5.96 Å². The molecule has 2 rings (SSSR count). The van der Waals surface area contributed by atoms with Gasteiger partial charge in [0.25, 0.3) is 0 Å². The molecule has 16 nitrogen and oxygen atoms in total. The van der Waals surface area contributed by atoms with E-state index in [1.807, 2.05) is 13.8 Å². The van der Waals surface area contributed by atoms with Gasteiger partial charge in [0.2, 0.25) is 29.5 Å². The van der Waals surface area contributed by atoms with Gasteiger partial charge in [-0.1, -0.05) is 26.0 Å². The van der Waals surface area contributed by atoms with Gasteiger partial charge in [0, 0.05) is 13.1 Å². The summed E-state index contributed by atoms with van der Waals surface area (Å²) in [6.07, 6.45) is 2.42. The molecule has 0 unspecified atom stereocenters. The normalized spacial score (nSPS) is 16.1. The summed E-state index contributed by atoms with van der Waals surface area (Å²) in [5.74, 6) is -2.82. The molecule has 0 aromatic heterocycles. The van der Waals surface area contributed by atoms with Crippen LogP contribution in [0.4, 0.5) is 0 Å². The summed E-state index contributed by atoms with van der Waals surface area (Å²) < 4.78 is 0. The molecule has 16 heteroatoms. The van der Waals surface area contributed by atoms with Gasteiger partial charge in [-0.25, -0.2) is 0 Å². The summed E-state index contributed by atoms with van der Waals surface area (Å²) >= 11 is 0. The third kappa shape index (κ3) is 12.7. The number of carbonyl (C=O) groups excluding carboxylic acids is 6. The summed E-state index contributed by atoms with van der Waals surface area (Å²) in [6.45, 7) is 3.60. The van der Waals surface area contributed by atoms with Crippen LogP contribution in [0.3, 0.4) is 0 Å². The van der Waals surface area contributed by atoms with Crippen molar-refractivity contribution in [3.8, 4) is 5.75 Å². The second-order valence-electron chi connectivity index (χ2n) is 11.6. The minimum atomic E-state index is -1.05. The molecule has 1 aromatic rings. The van der Waals surface area contributed by atoms with Crippen molar-refractivity contribution in [1.29, 1.82) is 0 Å². The number of aldehydes is 1. The monoisotopic (exact) mass is 645 g/mol. The SMILES string of the molecule is CC(C)C[C@H](NC(=O)CNC(=O)[C@@H](N)Cc1ccc(O)cc1)C(=O)N[C@@H](CCCN=C(N)N)C(=O)N1CCC[C@H]1C(=O)NCC=O. The molecule has 1 aromatic carbocycles. The summed E-state index contributed by atoms with van der Waals surface area (Å²) in [7, 11) is 0. The fourth-order valence-corrected chi connectivity index (χ4v) is 5.02. The first-order valence-electron chi connectivity index (χ1n) is 15.3. The van der Waals surface area contributed by atoms with Crippen molar-refractivity contribution in [3.05, 3.63) is 29.8 Å². The highest BCUT2D eigenvalue weighted by molar-refractivity contribution is 5.95. The topological polar surface area (TPSA) is 264 Å². The Bertz CT molecular complexity index is 1240. The van der Waals surface area contributed by atoms with Crippen LogP contribution in [-0.4, -0.2) is 102 Å². The van der Waals surface area contributed by atoms with Gasteiger partial charge in [-0.3, -0.25) is 29.0 Å². The van der Waals surface area contributed by atoms with Crippen LogP contribution in [0.5, 0.6) is 5.75 Å². The predicted octanol–water partition coefficient (Wildman–Crippen LogP) is -2.25. The summed E-state index contributed by atoms with van der Waals surface area (Å²) in [5.41, 5.74) is 17.5. The van der Waals surface area contributed by atoms with Crippen molar-refractivity contribution in [2.75, 3.05) is 26.2 Å². The van der Waals surface area contributed by atoms with Gasteiger partial charge in [0.1, 0.15) is 30.2 Å². The van der Waals surface area contributed by atoms with Crippen LogP contribution in [0.25, 0.3) is 0 Å². The fourth-order valence-electron chi connectivity index (χ4n) is 5.02. The molecule has 1 heterocycles. The van der Waals surface area contributed by atoms with E-state index in [0.717, 1.165) is 5.56 Å². The van der Waals surface area contributed by atoms with Crippen LogP contribution in [-0.2, 0) is 35.2 Å². The van der Waals surface area contributed by atoms with Crippen molar-refractivity contribution < 1.29 is 33.9 Å². The van der Waals surface area contributed by atoms with Gasteiger partial charge in [-0.05, 0) is 62.1 Å². The minimum Gasteiger partial charge on any atom is -0.508 e. The number of rotatable bonds is 18. The van der Waals surface area contributed by atoms with Gasteiger partial charge in [-0.2, -0.15) is 0 Å². The zero-order chi connectivity index (χ0) is 34.2. The molecule has 0 spiro atoms. The summed E-state index contributed by atoms with van der Waals surface area (Å²) in [4.78, 5) is 81.1. The molecule has 0 radical (unpaired) electrons. The first-order chi connectivity index (χ1) is 21.8. The lowest BCUT2D eigenvalue weighted by Crippen LogP contribution is -2.57. The standard InChI is InChI=1S/C30H47N9O7/c1-18(2)15-23(37-25(42)17-36-26(43)21(31)16-19-7-9-20(41)10-8-19)27(44)38-22(5-3-11-35-30(32)33)29(46)39-13-4-6-24(39)28(45)34-12-14-40/h7-10,14,18,21-24,41H,3-6,11-13,15-17,31H2,1-2H3,(H,34,45)(H,36,43)(H,37,42)(H,38,44)(H4,32,33,35)/t21-,22-,23-,24-/m0/s1. The molecule has 0 saturated carbocycles. The van der Waals surface area contributed by atoms with E-state index in [1.165, 1.54) is 17.0 Å². The minimum absolute atomic E-state index is 0.0233. The van der Waals surface area contributed by atoms with E-state index < -0.39 is 60.2 Å². The molecule has 5 amide bonds. The smallest absolute Gasteiger partial charge is 0.245 e. The number of likely N-dealkylation sites (tertiary alicyclic amines) is 1. The fraction of sp³-hybridized carbons (Fsp3) is 0.567. The number of benzene rings is 1. The van der Waals surface area contributed by atoms with Crippen LogP contribution in [0.1, 0.15) is 51.5 Å². The van der Waals surface area contributed by atoms with Gasteiger partial charge in [-0.15, -0.1) is 0 Å². The van der Waals surface area contributed by atoms with E-state index in [2.05, 4.69) is 26.3 Å². The zero-order valence-electron chi connectivity index (χ0n) is 26.4. The molecule has 0 bridgehead atoms. The lowest BCUT2D eigenvalue weighted by atomic mass is 10.0. The summed E-state index contributed by atoms with van der Waals surface area (Å²) in [6, 6.07) is 2.40. The van der Waals surface area contributed by atoms with E-state index in [1.54, 1.807) is 12.1 Å². The Morgan fingerprint density at radius 1 is 1.04 bits per heavy atom. The van der Waals surface area contributed by atoms with Crippen molar-refractivity contribution >= 4 is 41.8 Å². The zero-order valence-corrected chi connectivity index (χ0v) is 26.4. The Labute approximate surface area is 268 Å². The molecule has 1 aliphatic heterocycles. The highest BCUT2D eigenvalue weighted by Crippen LogP contribution is 2.20. The number of hydrogen-bond acceptors (Lipinski definition) is 9. The number of nitrogens with one attached hydrogen (secondary N) is 4. The van der Waals surface area contributed by atoms with Crippen molar-refractivity contribution in [1.82, 2.24) is 26.2 Å². The van der Waals surface area contributed by atoms with E-state index in [0.29, 0.717) is 32.1 Å². The molecule has 0 aliphatic carbocycles. The quantitative estimate of drug-likeness (QED) is 0.0368. The van der Waals surface area contributed by atoms with Crippen LogP contribution in [0, 0.1) is 5.92 Å². The molecule has 1 fully saturated rings. The van der Waals surface area contributed by atoms with E-state index in [9.17, 15) is 33.9 Å². The third-order valence-electron chi connectivity index (χ3n) is 7.27. The maximum Gasteiger partial charge on any atom is 0.245 e.